The van der Waals surface area contributed by atoms with Gasteiger partial charge < -0.3 is 5.32 Å². The Morgan fingerprint density at radius 1 is 1.20 bits per heavy atom. The number of sulfonamides is 1. The molecule has 0 saturated heterocycles. The maximum atomic E-state index is 13.6. The van der Waals surface area contributed by atoms with Crippen LogP contribution in [0.3, 0.4) is 0 Å². The van der Waals surface area contributed by atoms with Gasteiger partial charge in [-0.05, 0) is 43.7 Å². The fourth-order valence-corrected chi connectivity index (χ4v) is 3.57. The smallest absolute Gasteiger partial charge is 0.243 e. The van der Waals surface area contributed by atoms with Crippen molar-refractivity contribution in [1.29, 1.82) is 5.26 Å². The summed E-state index contributed by atoms with van der Waals surface area (Å²) in [4.78, 5) is 0.218. The molecule has 0 aromatic heterocycles. The minimum atomic E-state index is -3.52. The second kappa shape index (κ2) is 7.64. The molecule has 7 heteroatoms. The van der Waals surface area contributed by atoms with Crippen LogP contribution in [0.2, 0.25) is 0 Å². The zero-order chi connectivity index (χ0) is 18.6. The van der Waals surface area contributed by atoms with Gasteiger partial charge in [-0.3, -0.25) is 0 Å². The quantitative estimate of drug-likeness (QED) is 0.856. The lowest BCUT2D eigenvalue weighted by Gasteiger charge is -2.21. The molecule has 0 spiro atoms. The van der Waals surface area contributed by atoms with Crippen LogP contribution in [0.1, 0.15) is 25.0 Å². The van der Waals surface area contributed by atoms with Crippen LogP contribution in [0, 0.1) is 17.1 Å². The molecule has 0 atom stereocenters. The molecule has 132 valence electrons. The highest BCUT2D eigenvalue weighted by Crippen LogP contribution is 2.20. The molecule has 1 N–H and O–H groups in total. The van der Waals surface area contributed by atoms with E-state index in [1.54, 1.807) is 37.4 Å². The van der Waals surface area contributed by atoms with Gasteiger partial charge in [0.25, 0.3) is 0 Å². The number of halogens is 1. The molecule has 0 radical (unpaired) electrons. The number of hydrogen-bond acceptors (Lipinski definition) is 4. The van der Waals surface area contributed by atoms with E-state index in [0.29, 0.717) is 12.2 Å². The molecule has 0 fully saturated rings. The summed E-state index contributed by atoms with van der Waals surface area (Å²) in [5.74, 6) is -0.578. The van der Waals surface area contributed by atoms with E-state index in [4.69, 9.17) is 5.26 Å². The Hall–Kier alpha value is -2.43. The lowest BCUT2D eigenvalue weighted by Crippen LogP contribution is -2.33. The molecule has 0 heterocycles. The van der Waals surface area contributed by atoms with Crippen LogP contribution in [-0.4, -0.2) is 25.8 Å². The number of nitriles is 1. The van der Waals surface area contributed by atoms with E-state index in [0.717, 1.165) is 5.56 Å². The predicted molar refractivity (Wildman–Crippen MR) is 95.0 cm³/mol. The topological polar surface area (TPSA) is 73.2 Å². The van der Waals surface area contributed by atoms with Gasteiger partial charge >= 0.3 is 0 Å². The first kappa shape index (κ1) is 18.9. The third-order valence-electron chi connectivity index (χ3n) is 3.94. The van der Waals surface area contributed by atoms with E-state index in [9.17, 15) is 12.8 Å². The van der Waals surface area contributed by atoms with Crippen LogP contribution in [0.25, 0.3) is 0 Å². The summed E-state index contributed by atoms with van der Waals surface area (Å²) in [5, 5.41) is 12.0. The fraction of sp³-hybridized carbons (Fsp3) is 0.278. The Kier molecular flexibility index (Phi) is 5.77. The van der Waals surface area contributed by atoms with Crippen molar-refractivity contribution < 1.29 is 12.8 Å². The zero-order valence-corrected chi connectivity index (χ0v) is 15.1. The Balaban J connectivity index is 2.15. The van der Waals surface area contributed by atoms with Gasteiger partial charge in [-0.2, -0.15) is 9.57 Å². The minimum Gasteiger partial charge on any atom is -0.380 e. The van der Waals surface area contributed by atoms with Crippen molar-refractivity contribution in [3.05, 3.63) is 59.4 Å². The third kappa shape index (κ3) is 4.16. The Morgan fingerprint density at radius 3 is 2.40 bits per heavy atom. The van der Waals surface area contributed by atoms with Gasteiger partial charge in [0.05, 0.1) is 10.6 Å². The fourth-order valence-electron chi connectivity index (χ4n) is 2.21. The number of hydrogen-bond donors (Lipinski definition) is 1. The zero-order valence-electron chi connectivity index (χ0n) is 14.3. The van der Waals surface area contributed by atoms with Gasteiger partial charge in [0.15, 0.2) is 0 Å². The summed E-state index contributed by atoms with van der Waals surface area (Å²) < 4.78 is 39.7. The third-order valence-corrected chi connectivity index (χ3v) is 5.98. The van der Waals surface area contributed by atoms with Crippen LogP contribution in [0.4, 0.5) is 10.1 Å². The van der Waals surface area contributed by atoms with Gasteiger partial charge in [0.2, 0.25) is 10.0 Å². The highest BCUT2D eigenvalue weighted by molar-refractivity contribution is 7.89. The molecule has 2 rings (SSSR count). The molecule has 2 aromatic rings. The van der Waals surface area contributed by atoms with Crippen LogP contribution in [0.5, 0.6) is 0 Å². The lowest BCUT2D eigenvalue weighted by atomic mass is 10.1. The van der Waals surface area contributed by atoms with E-state index in [1.165, 1.54) is 16.4 Å². The van der Waals surface area contributed by atoms with Gasteiger partial charge in [0.1, 0.15) is 17.4 Å². The molecule has 0 aliphatic carbocycles. The summed E-state index contributed by atoms with van der Waals surface area (Å²) in [6.45, 7) is 3.96. The largest absolute Gasteiger partial charge is 0.380 e. The number of benzene rings is 2. The van der Waals surface area contributed by atoms with Crippen molar-refractivity contribution in [2.45, 2.75) is 31.3 Å². The van der Waals surface area contributed by atoms with Crippen molar-refractivity contribution in [2.75, 3.05) is 12.4 Å². The number of nitrogens with zero attached hydrogens (tertiary/aromatic N) is 2. The van der Waals surface area contributed by atoms with Crippen molar-refractivity contribution in [1.82, 2.24) is 4.31 Å². The van der Waals surface area contributed by atoms with Crippen molar-refractivity contribution in [2.24, 2.45) is 0 Å². The first-order valence-electron chi connectivity index (χ1n) is 7.77. The van der Waals surface area contributed by atoms with E-state index in [-0.39, 0.29) is 16.5 Å². The number of anilines is 1. The summed E-state index contributed by atoms with van der Waals surface area (Å²) in [7, 11) is -1.97. The molecular weight excluding hydrogens is 341 g/mol. The second-order valence-electron chi connectivity index (χ2n) is 5.89. The Bertz CT molecular complexity index is 888. The first-order chi connectivity index (χ1) is 11.8. The molecule has 5 nitrogen and oxygen atoms in total. The van der Waals surface area contributed by atoms with E-state index >= 15 is 0 Å². The average molecular weight is 361 g/mol. The van der Waals surface area contributed by atoms with E-state index in [1.807, 2.05) is 19.9 Å². The summed E-state index contributed by atoms with van der Waals surface area (Å²) in [6.07, 6.45) is 0. The first-order valence-corrected chi connectivity index (χ1v) is 9.21. The average Bonchev–Trinajstić information content (AvgIpc) is 2.59. The molecule has 2 aromatic carbocycles. The molecule has 25 heavy (non-hydrogen) atoms. The van der Waals surface area contributed by atoms with Crippen molar-refractivity contribution >= 4 is 15.7 Å². The minimum absolute atomic E-state index is 0.0414. The van der Waals surface area contributed by atoms with Gasteiger partial charge in [0, 0.05) is 19.6 Å². The van der Waals surface area contributed by atoms with Crippen molar-refractivity contribution in [3.63, 3.8) is 0 Å². The number of rotatable bonds is 6. The molecule has 0 aliphatic heterocycles. The van der Waals surface area contributed by atoms with Crippen LogP contribution in [0.15, 0.2) is 47.4 Å². The lowest BCUT2D eigenvalue weighted by molar-refractivity contribution is 0.410. The standard InChI is InChI=1S/C18H20FN3O2S/c1-13(2)22(3)25(23,24)15-9-7-14(8-10-15)12-21-18-6-4-5-17(19)16(18)11-20/h4-10,13,21H,12H2,1-3H3. The summed E-state index contributed by atoms with van der Waals surface area (Å²) in [6, 6.07) is 12.5. The van der Waals surface area contributed by atoms with Crippen LogP contribution < -0.4 is 5.32 Å². The SMILES string of the molecule is CC(C)N(C)S(=O)(=O)c1ccc(CNc2cccc(F)c2C#N)cc1. The molecule has 0 unspecified atom stereocenters. The monoisotopic (exact) mass is 361 g/mol. The van der Waals surface area contributed by atoms with Gasteiger partial charge in [-0.25, -0.2) is 12.8 Å². The predicted octanol–water partition coefficient (Wildman–Crippen LogP) is 3.34. The molecule has 0 amide bonds. The highest BCUT2D eigenvalue weighted by Gasteiger charge is 2.22. The number of nitrogens with one attached hydrogen (secondary N) is 1. The Morgan fingerprint density at radius 2 is 1.84 bits per heavy atom. The van der Waals surface area contributed by atoms with Crippen LogP contribution >= 0.6 is 0 Å². The van der Waals surface area contributed by atoms with Crippen LogP contribution in [-0.2, 0) is 16.6 Å². The molecular formula is C18H20FN3O2S. The molecule has 0 bridgehead atoms. The Labute approximate surface area is 147 Å². The highest BCUT2D eigenvalue weighted by atomic mass is 32.2. The normalized spacial score (nSPS) is 11.6. The van der Waals surface area contributed by atoms with E-state index < -0.39 is 15.8 Å². The second-order valence-corrected chi connectivity index (χ2v) is 7.88. The van der Waals surface area contributed by atoms with Crippen molar-refractivity contribution in [3.8, 4) is 6.07 Å². The molecule has 0 saturated carbocycles. The van der Waals surface area contributed by atoms with Gasteiger partial charge in [-0.15, -0.1) is 0 Å². The molecule has 0 aliphatic rings. The maximum absolute atomic E-state index is 13.6. The van der Waals surface area contributed by atoms with Gasteiger partial charge in [-0.1, -0.05) is 18.2 Å². The van der Waals surface area contributed by atoms with E-state index in [2.05, 4.69) is 5.32 Å². The summed E-state index contributed by atoms with van der Waals surface area (Å²) in [5.41, 5.74) is 1.18. The maximum Gasteiger partial charge on any atom is 0.243 e. The summed E-state index contributed by atoms with van der Waals surface area (Å²) >= 11 is 0.